The van der Waals surface area contributed by atoms with E-state index in [1.807, 2.05) is 6.07 Å². The minimum Gasteiger partial charge on any atom is -0.395 e. The molecule has 0 atom stereocenters. The first kappa shape index (κ1) is 15.8. The number of nitrogens with two attached hydrogens (primary N) is 1. The van der Waals surface area contributed by atoms with E-state index >= 15 is 0 Å². The zero-order valence-corrected chi connectivity index (χ0v) is 12.3. The molecular weight excluding hydrogens is 241 g/mol. The molecule has 2 N–H and O–H groups in total. The van der Waals surface area contributed by atoms with Crippen LogP contribution in [0.3, 0.4) is 0 Å². The zero-order valence-electron chi connectivity index (χ0n) is 12.3. The van der Waals surface area contributed by atoms with Gasteiger partial charge in [-0.1, -0.05) is 19.9 Å². The van der Waals surface area contributed by atoms with Gasteiger partial charge in [-0.3, -0.25) is 0 Å². The van der Waals surface area contributed by atoms with Crippen molar-refractivity contribution in [2.24, 2.45) is 0 Å². The standard InChI is InChI=1S/C15H26FN3/c1-4-18(5-2)11-8-12-19(6-3)14-10-7-9-13(16)15(14)17/h7,9-10H,4-6,8,11-12,17H2,1-3H3. The highest BCUT2D eigenvalue weighted by Gasteiger charge is 2.11. The quantitative estimate of drug-likeness (QED) is 0.735. The normalized spacial score (nSPS) is 11.0. The number of benzene rings is 1. The van der Waals surface area contributed by atoms with Gasteiger partial charge in [-0.2, -0.15) is 0 Å². The molecule has 0 saturated carbocycles. The zero-order chi connectivity index (χ0) is 14.3. The summed E-state index contributed by atoms with van der Waals surface area (Å²) < 4.78 is 13.5. The number of nitrogen functional groups attached to an aromatic ring is 1. The van der Waals surface area contributed by atoms with E-state index in [0.717, 1.165) is 44.8 Å². The number of halogens is 1. The minimum atomic E-state index is -0.334. The van der Waals surface area contributed by atoms with E-state index in [1.165, 1.54) is 6.07 Å². The average molecular weight is 267 g/mol. The molecule has 0 saturated heterocycles. The number of anilines is 2. The highest BCUT2D eigenvalue weighted by atomic mass is 19.1. The molecule has 0 aliphatic carbocycles. The highest BCUT2D eigenvalue weighted by Crippen LogP contribution is 2.25. The van der Waals surface area contributed by atoms with E-state index in [4.69, 9.17) is 5.73 Å². The van der Waals surface area contributed by atoms with Crippen molar-refractivity contribution in [3.8, 4) is 0 Å². The molecule has 1 rings (SSSR count). The van der Waals surface area contributed by atoms with Crippen LogP contribution in [-0.2, 0) is 0 Å². The molecule has 108 valence electrons. The Balaban J connectivity index is 2.61. The van der Waals surface area contributed by atoms with Crippen LogP contribution in [0.1, 0.15) is 27.2 Å². The first-order valence-electron chi connectivity index (χ1n) is 7.15. The van der Waals surface area contributed by atoms with Gasteiger partial charge >= 0.3 is 0 Å². The summed E-state index contributed by atoms with van der Waals surface area (Å²) in [6.07, 6.45) is 1.06. The molecule has 0 aliphatic rings. The second-order valence-electron chi connectivity index (χ2n) is 4.63. The molecule has 3 nitrogen and oxygen atoms in total. The molecule has 1 aromatic carbocycles. The first-order valence-corrected chi connectivity index (χ1v) is 7.15. The third kappa shape index (κ3) is 4.39. The lowest BCUT2D eigenvalue weighted by atomic mass is 10.2. The summed E-state index contributed by atoms with van der Waals surface area (Å²) in [4.78, 5) is 4.53. The van der Waals surface area contributed by atoms with E-state index in [1.54, 1.807) is 6.07 Å². The summed E-state index contributed by atoms with van der Waals surface area (Å²) in [5.74, 6) is -0.334. The maximum atomic E-state index is 13.5. The Morgan fingerprint density at radius 3 is 2.32 bits per heavy atom. The summed E-state index contributed by atoms with van der Waals surface area (Å²) in [6.45, 7) is 11.4. The van der Waals surface area contributed by atoms with Crippen molar-refractivity contribution < 1.29 is 4.39 Å². The topological polar surface area (TPSA) is 32.5 Å². The molecule has 4 heteroatoms. The van der Waals surface area contributed by atoms with Gasteiger partial charge in [0.1, 0.15) is 5.82 Å². The fourth-order valence-corrected chi connectivity index (χ4v) is 2.28. The molecule has 1 aromatic rings. The Kier molecular flexibility index (Phi) is 6.64. The highest BCUT2D eigenvalue weighted by molar-refractivity contribution is 5.67. The van der Waals surface area contributed by atoms with Crippen molar-refractivity contribution in [1.29, 1.82) is 0 Å². The Hall–Kier alpha value is -1.29. The molecule has 0 aliphatic heterocycles. The van der Waals surface area contributed by atoms with Crippen LogP contribution in [0.4, 0.5) is 15.8 Å². The Labute approximate surface area is 116 Å². The van der Waals surface area contributed by atoms with Gasteiger partial charge in [-0.05, 0) is 45.1 Å². The van der Waals surface area contributed by atoms with Crippen LogP contribution in [0.2, 0.25) is 0 Å². The summed E-state index contributed by atoms with van der Waals surface area (Å²) in [6, 6.07) is 5.01. The van der Waals surface area contributed by atoms with Crippen molar-refractivity contribution in [2.75, 3.05) is 43.4 Å². The largest absolute Gasteiger partial charge is 0.395 e. The van der Waals surface area contributed by atoms with Gasteiger partial charge in [0.15, 0.2) is 0 Å². The Morgan fingerprint density at radius 1 is 1.05 bits per heavy atom. The fourth-order valence-electron chi connectivity index (χ4n) is 2.28. The van der Waals surface area contributed by atoms with Crippen LogP contribution < -0.4 is 10.6 Å². The average Bonchev–Trinajstić information content (AvgIpc) is 2.43. The Morgan fingerprint density at radius 2 is 1.74 bits per heavy atom. The molecule has 0 unspecified atom stereocenters. The van der Waals surface area contributed by atoms with E-state index in [9.17, 15) is 4.39 Å². The second-order valence-corrected chi connectivity index (χ2v) is 4.63. The van der Waals surface area contributed by atoms with Crippen molar-refractivity contribution in [1.82, 2.24) is 4.90 Å². The number of nitrogens with zero attached hydrogens (tertiary/aromatic N) is 2. The van der Waals surface area contributed by atoms with Gasteiger partial charge < -0.3 is 15.5 Å². The first-order chi connectivity index (χ1) is 9.13. The van der Waals surface area contributed by atoms with Crippen LogP contribution in [0.25, 0.3) is 0 Å². The molecule has 0 amide bonds. The molecule has 0 heterocycles. The number of rotatable bonds is 8. The van der Waals surface area contributed by atoms with Gasteiger partial charge in [-0.25, -0.2) is 4.39 Å². The van der Waals surface area contributed by atoms with E-state index in [-0.39, 0.29) is 11.5 Å². The second kappa shape index (κ2) is 8.00. The molecule has 0 fully saturated rings. The third-order valence-corrected chi connectivity index (χ3v) is 3.55. The lowest BCUT2D eigenvalue weighted by Crippen LogP contribution is -2.30. The fraction of sp³-hybridized carbons (Fsp3) is 0.600. The van der Waals surface area contributed by atoms with Gasteiger partial charge in [0.25, 0.3) is 0 Å². The van der Waals surface area contributed by atoms with Crippen LogP contribution in [0.15, 0.2) is 18.2 Å². The molecule has 0 aromatic heterocycles. The lowest BCUT2D eigenvalue weighted by molar-refractivity contribution is 0.301. The Bertz CT molecular complexity index is 378. The van der Waals surface area contributed by atoms with Crippen molar-refractivity contribution >= 4 is 11.4 Å². The van der Waals surface area contributed by atoms with Crippen molar-refractivity contribution in [3.63, 3.8) is 0 Å². The number of hydrogen-bond acceptors (Lipinski definition) is 3. The summed E-state index contributed by atoms with van der Waals surface area (Å²) in [7, 11) is 0. The van der Waals surface area contributed by atoms with E-state index in [0.29, 0.717) is 0 Å². The maximum absolute atomic E-state index is 13.5. The number of para-hydroxylation sites is 1. The predicted octanol–water partition coefficient (Wildman–Crippen LogP) is 2.97. The lowest BCUT2D eigenvalue weighted by Gasteiger charge is -2.26. The van der Waals surface area contributed by atoms with Gasteiger partial charge in [0.05, 0.1) is 11.4 Å². The van der Waals surface area contributed by atoms with Crippen LogP contribution >= 0.6 is 0 Å². The van der Waals surface area contributed by atoms with Crippen LogP contribution in [-0.4, -0.2) is 37.6 Å². The SMILES string of the molecule is CCN(CC)CCCN(CC)c1cccc(F)c1N. The van der Waals surface area contributed by atoms with Crippen molar-refractivity contribution in [2.45, 2.75) is 27.2 Å². The number of hydrogen-bond donors (Lipinski definition) is 1. The van der Waals surface area contributed by atoms with E-state index < -0.39 is 0 Å². The molecule has 0 bridgehead atoms. The molecule has 0 radical (unpaired) electrons. The molecule has 0 spiro atoms. The van der Waals surface area contributed by atoms with E-state index in [2.05, 4.69) is 30.6 Å². The monoisotopic (exact) mass is 267 g/mol. The van der Waals surface area contributed by atoms with Gasteiger partial charge in [0, 0.05) is 13.1 Å². The molecule has 19 heavy (non-hydrogen) atoms. The predicted molar refractivity (Wildman–Crippen MR) is 81.1 cm³/mol. The summed E-state index contributed by atoms with van der Waals surface area (Å²) in [5.41, 5.74) is 6.88. The smallest absolute Gasteiger partial charge is 0.148 e. The molecular formula is C15H26FN3. The van der Waals surface area contributed by atoms with Gasteiger partial charge in [0.2, 0.25) is 0 Å². The van der Waals surface area contributed by atoms with Crippen molar-refractivity contribution in [3.05, 3.63) is 24.0 Å². The maximum Gasteiger partial charge on any atom is 0.148 e. The van der Waals surface area contributed by atoms with Crippen LogP contribution in [0.5, 0.6) is 0 Å². The van der Waals surface area contributed by atoms with Crippen LogP contribution in [0, 0.1) is 5.82 Å². The van der Waals surface area contributed by atoms with Gasteiger partial charge in [-0.15, -0.1) is 0 Å². The third-order valence-electron chi connectivity index (χ3n) is 3.55. The summed E-state index contributed by atoms with van der Waals surface area (Å²) >= 11 is 0. The minimum absolute atomic E-state index is 0.257. The summed E-state index contributed by atoms with van der Waals surface area (Å²) in [5, 5.41) is 0.